The molecule has 2 aliphatic heterocycles. The molecule has 10 atom stereocenters. The molecule has 0 aromatic carbocycles. The van der Waals surface area contributed by atoms with E-state index >= 15 is 0 Å². The fraction of sp³-hybridized carbons (Fsp3) is 0.956. The van der Waals surface area contributed by atoms with E-state index in [-0.39, 0.29) is 0 Å². The van der Waals surface area contributed by atoms with Crippen molar-refractivity contribution in [3.63, 3.8) is 0 Å². The Hall–Kier alpha value is -2.07. The monoisotopic (exact) mass is 1240 g/mol. The quantitative estimate of drug-likeness (QED) is 0.0252. The summed E-state index contributed by atoms with van der Waals surface area (Å²) in [4.78, 5) is 31.0. The first-order valence-electron chi connectivity index (χ1n) is 34.4. The van der Waals surface area contributed by atoms with Gasteiger partial charge in [-0.05, 0) is 37.0 Å². The zero-order valence-electron chi connectivity index (χ0n) is 55.9. The molecule has 11 N–H and O–H groups in total. The Balaban J connectivity index is -0.00000101. The minimum atomic E-state index is -1.36. The number of methoxy groups -OCH3 is 2. The normalized spacial score (nSPS) is 21.8. The lowest BCUT2D eigenvalue weighted by Gasteiger charge is -2.38. The predicted octanol–water partition coefficient (Wildman–Crippen LogP) is 13.4. The van der Waals surface area contributed by atoms with Crippen LogP contribution in [-0.4, -0.2) is 163 Å². The second-order valence-electron chi connectivity index (χ2n) is 25.6. The summed E-state index contributed by atoms with van der Waals surface area (Å²) in [6.07, 6.45) is 40.1. The standard InChI is InChI=1S/3C18H36O2.2C7H14O6/c3*1-17(2)15-13-11-9-7-5-3-4-6-8-10-12-14-16-18(19)20;2*1-12-7-6(11)5(10)4(9)3(2-8)13-7/h3*17H,3-16H2,1-2H3,(H,19,20);2*3-11H,2H2,1H3/t;;;2*3-,4-,5+,6-,7?/m...11/s1. The van der Waals surface area contributed by atoms with Gasteiger partial charge in [0.05, 0.1) is 13.2 Å². The number of carbonyl (C=O) groups is 3. The summed E-state index contributed by atoms with van der Waals surface area (Å²) < 4.78 is 19.3. The number of carboxylic acid groups (broad SMARTS) is 3. The molecule has 0 aliphatic carbocycles. The minimum Gasteiger partial charge on any atom is -0.481 e. The Labute approximate surface area is 523 Å². The molecule has 0 aromatic heterocycles. The molecule has 0 aromatic rings. The van der Waals surface area contributed by atoms with Crippen molar-refractivity contribution in [3.8, 4) is 0 Å². The fourth-order valence-electron chi connectivity index (χ4n) is 10.3. The van der Waals surface area contributed by atoms with Crippen molar-refractivity contribution in [3.05, 3.63) is 0 Å². The number of hydrogen-bond donors (Lipinski definition) is 11. The summed E-state index contributed by atoms with van der Waals surface area (Å²) in [6.45, 7) is 13.0. The molecule has 2 rings (SSSR count). The van der Waals surface area contributed by atoms with Crippen molar-refractivity contribution in [2.75, 3.05) is 27.4 Å². The molecule has 0 spiro atoms. The van der Waals surface area contributed by atoms with Crippen LogP contribution >= 0.6 is 0 Å². The van der Waals surface area contributed by atoms with Crippen LogP contribution in [0.3, 0.4) is 0 Å². The second-order valence-corrected chi connectivity index (χ2v) is 25.6. The van der Waals surface area contributed by atoms with Gasteiger partial charge in [0.15, 0.2) is 12.6 Å². The third kappa shape index (κ3) is 57.1. The molecule has 86 heavy (non-hydrogen) atoms. The lowest BCUT2D eigenvalue weighted by molar-refractivity contribution is -0.294. The van der Waals surface area contributed by atoms with Gasteiger partial charge in [-0.3, -0.25) is 14.4 Å². The number of aliphatic carboxylic acids is 3. The van der Waals surface area contributed by atoms with Crippen molar-refractivity contribution in [1.29, 1.82) is 0 Å². The summed E-state index contributed by atoms with van der Waals surface area (Å²) in [5, 5.41) is 98.7. The van der Waals surface area contributed by atoms with Gasteiger partial charge in [0, 0.05) is 33.5 Å². The number of rotatable bonds is 49. The van der Waals surface area contributed by atoms with Gasteiger partial charge >= 0.3 is 17.9 Å². The Morgan fingerprint density at radius 1 is 0.302 bits per heavy atom. The van der Waals surface area contributed by atoms with Crippen LogP contribution in [-0.2, 0) is 33.3 Å². The molecule has 18 nitrogen and oxygen atoms in total. The van der Waals surface area contributed by atoms with Crippen LogP contribution in [0, 0.1) is 17.8 Å². The van der Waals surface area contributed by atoms with Crippen LogP contribution in [0.25, 0.3) is 0 Å². The average Bonchev–Trinajstić information content (AvgIpc) is 2.04. The molecule has 0 amide bonds. The minimum absolute atomic E-state index is 0.344. The average molecular weight is 1240 g/mol. The first kappa shape index (κ1) is 88.1. The predicted molar refractivity (Wildman–Crippen MR) is 343 cm³/mol. The topological polar surface area (TPSA) is 311 Å². The van der Waals surface area contributed by atoms with Crippen molar-refractivity contribution < 1.29 is 89.5 Å². The van der Waals surface area contributed by atoms with Gasteiger partial charge in [-0.2, -0.15) is 0 Å². The van der Waals surface area contributed by atoms with E-state index in [0.717, 1.165) is 56.3 Å². The van der Waals surface area contributed by atoms with Crippen LogP contribution in [0.15, 0.2) is 0 Å². The number of carboxylic acids is 3. The summed E-state index contributed by atoms with van der Waals surface area (Å²) in [7, 11) is 2.60. The van der Waals surface area contributed by atoms with E-state index in [1.807, 2.05) is 0 Å². The maximum Gasteiger partial charge on any atom is 0.303 e. The van der Waals surface area contributed by atoms with Gasteiger partial charge in [0.25, 0.3) is 0 Å². The smallest absolute Gasteiger partial charge is 0.303 e. The van der Waals surface area contributed by atoms with E-state index in [9.17, 15) is 45.0 Å². The first-order chi connectivity index (χ1) is 41.1. The third-order valence-electron chi connectivity index (χ3n) is 15.9. The van der Waals surface area contributed by atoms with Crippen LogP contribution in [0.1, 0.15) is 311 Å². The Morgan fingerprint density at radius 2 is 0.477 bits per heavy atom. The summed E-state index contributed by atoms with van der Waals surface area (Å²) in [5.74, 6) is 0.636. The summed E-state index contributed by atoms with van der Waals surface area (Å²) in [6, 6.07) is 0. The third-order valence-corrected chi connectivity index (χ3v) is 15.9. The maximum absolute atomic E-state index is 10.3. The zero-order valence-corrected chi connectivity index (χ0v) is 55.9. The lowest BCUT2D eigenvalue weighted by Crippen LogP contribution is -2.58. The Morgan fingerprint density at radius 3 is 0.628 bits per heavy atom. The van der Waals surface area contributed by atoms with Crippen molar-refractivity contribution in [1.82, 2.24) is 0 Å². The van der Waals surface area contributed by atoms with Gasteiger partial charge in [-0.1, -0.05) is 273 Å². The van der Waals surface area contributed by atoms with Crippen molar-refractivity contribution in [2.24, 2.45) is 17.8 Å². The van der Waals surface area contributed by atoms with Crippen molar-refractivity contribution in [2.45, 2.75) is 373 Å². The van der Waals surface area contributed by atoms with Gasteiger partial charge < -0.3 is 75.1 Å². The van der Waals surface area contributed by atoms with Gasteiger partial charge in [-0.15, -0.1) is 0 Å². The Kier molecular flexibility index (Phi) is 64.7. The largest absolute Gasteiger partial charge is 0.481 e. The Bertz CT molecular complexity index is 1270. The second kappa shape index (κ2) is 63.1. The fourth-order valence-corrected chi connectivity index (χ4v) is 10.3. The number of unbranched alkanes of at least 4 members (excludes halogenated alkanes) is 33. The van der Waals surface area contributed by atoms with E-state index in [1.165, 1.54) is 226 Å². The molecule has 2 heterocycles. The molecular weight excluding hydrogens is 1100 g/mol. The van der Waals surface area contributed by atoms with Crippen LogP contribution in [0.2, 0.25) is 0 Å². The van der Waals surface area contributed by atoms with Crippen molar-refractivity contribution >= 4 is 17.9 Å². The van der Waals surface area contributed by atoms with E-state index in [1.54, 1.807) is 0 Å². The molecular formula is C68H136O18. The van der Waals surface area contributed by atoms with Gasteiger partial charge in [0.2, 0.25) is 0 Å². The first-order valence-corrected chi connectivity index (χ1v) is 34.4. The maximum atomic E-state index is 10.3. The molecule has 2 unspecified atom stereocenters. The van der Waals surface area contributed by atoms with E-state index in [2.05, 4.69) is 41.5 Å². The number of aliphatic hydroxyl groups is 8. The van der Waals surface area contributed by atoms with E-state index < -0.39 is 92.5 Å². The molecule has 516 valence electrons. The molecule has 18 heteroatoms. The van der Waals surface area contributed by atoms with E-state index in [0.29, 0.717) is 19.3 Å². The highest BCUT2D eigenvalue weighted by Gasteiger charge is 2.44. The lowest BCUT2D eigenvalue weighted by atomic mass is 9.99. The van der Waals surface area contributed by atoms with Crippen LogP contribution in [0.5, 0.6) is 0 Å². The summed E-state index contributed by atoms with van der Waals surface area (Å²) >= 11 is 0. The number of aliphatic hydroxyl groups excluding tert-OH is 8. The molecule has 0 radical (unpaired) electrons. The molecule has 2 fully saturated rings. The zero-order chi connectivity index (χ0) is 65.2. The van der Waals surface area contributed by atoms with Gasteiger partial charge in [0.1, 0.15) is 48.8 Å². The molecule has 2 aliphatic rings. The van der Waals surface area contributed by atoms with E-state index in [4.69, 9.17) is 44.5 Å². The number of hydrogen-bond acceptors (Lipinski definition) is 15. The molecule has 0 bridgehead atoms. The highest BCUT2D eigenvalue weighted by molar-refractivity contribution is 5.67. The molecule has 0 saturated carbocycles. The summed E-state index contributed by atoms with van der Waals surface area (Å²) in [5.41, 5.74) is 0. The highest BCUT2D eigenvalue weighted by atomic mass is 16.7. The SMILES string of the molecule is CC(C)CCCCCCCCCCCCCCC(=O)O.CC(C)CCCCCCCCCCCCCCC(=O)O.CC(C)CCCCCCCCCCCCCCC(=O)O.COC1O[C@H](CO)[C@@H](O)[C@H](O)[C@H]1O.COC1O[C@H](CO)[C@@H](O)[C@H](O)[C@H]1O. The molecule has 2 saturated heterocycles. The van der Waals surface area contributed by atoms with Crippen LogP contribution < -0.4 is 0 Å². The van der Waals surface area contributed by atoms with Gasteiger partial charge in [-0.25, -0.2) is 0 Å². The van der Waals surface area contributed by atoms with Crippen LogP contribution in [0.4, 0.5) is 0 Å². The number of ether oxygens (including phenoxy) is 4. The highest BCUT2D eigenvalue weighted by Crippen LogP contribution is 2.23.